The standard InChI is InChI=1S/C10H9NO4/c1-14-7-4-3-5-8(15-2)9(7)10(13)11-6-12/h3-5H,1-2H3. The second kappa shape index (κ2) is 4.93. The summed E-state index contributed by atoms with van der Waals surface area (Å²) in [6, 6.07) is 4.82. The summed E-state index contributed by atoms with van der Waals surface area (Å²) in [5.74, 6) is -0.129. The average molecular weight is 207 g/mol. The van der Waals surface area contributed by atoms with E-state index in [4.69, 9.17) is 9.47 Å². The minimum Gasteiger partial charge on any atom is -0.496 e. The number of aliphatic imine (C=N–C) groups is 1. The van der Waals surface area contributed by atoms with Gasteiger partial charge >= 0.3 is 0 Å². The van der Waals surface area contributed by atoms with Crippen molar-refractivity contribution in [3.05, 3.63) is 23.8 Å². The maximum absolute atomic E-state index is 11.4. The molecule has 0 N–H and O–H groups in total. The van der Waals surface area contributed by atoms with Gasteiger partial charge in [-0.1, -0.05) is 6.07 Å². The molecule has 0 aliphatic rings. The molecule has 5 heteroatoms. The van der Waals surface area contributed by atoms with Gasteiger partial charge in [0.15, 0.2) is 0 Å². The summed E-state index contributed by atoms with van der Waals surface area (Å²) in [6.45, 7) is 0. The van der Waals surface area contributed by atoms with Crippen LogP contribution in [0.15, 0.2) is 23.2 Å². The topological polar surface area (TPSA) is 65.0 Å². The maximum atomic E-state index is 11.4. The first kappa shape index (κ1) is 10.9. The number of rotatable bonds is 3. The lowest BCUT2D eigenvalue weighted by Gasteiger charge is -2.08. The van der Waals surface area contributed by atoms with Crippen molar-refractivity contribution in [2.75, 3.05) is 14.2 Å². The van der Waals surface area contributed by atoms with Gasteiger partial charge in [0.1, 0.15) is 17.1 Å². The molecule has 1 amide bonds. The highest BCUT2D eigenvalue weighted by Crippen LogP contribution is 2.28. The second-order valence-corrected chi connectivity index (χ2v) is 2.55. The molecule has 0 radical (unpaired) electrons. The molecule has 0 aliphatic heterocycles. The van der Waals surface area contributed by atoms with E-state index in [0.29, 0.717) is 11.5 Å². The fraction of sp³-hybridized carbons (Fsp3) is 0.200. The van der Waals surface area contributed by atoms with Crippen LogP contribution in [-0.4, -0.2) is 26.2 Å². The number of hydrogen-bond acceptors (Lipinski definition) is 4. The number of benzene rings is 1. The smallest absolute Gasteiger partial charge is 0.295 e. The van der Waals surface area contributed by atoms with Gasteiger partial charge in [-0.2, -0.15) is 0 Å². The number of amides is 1. The summed E-state index contributed by atoms with van der Waals surface area (Å²) < 4.78 is 9.93. The molecule has 0 bridgehead atoms. The van der Waals surface area contributed by atoms with E-state index in [1.807, 2.05) is 0 Å². The first-order valence-electron chi connectivity index (χ1n) is 4.07. The summed E-state index contributed by atoms with van der Waals surface area (Å²) >= 11 is 0. The maximum Gasteiger partial charge on any atom is 0.295 e. The monoisotopic (exact) mass is 207 g/mol. The van der Waals surface area contributed by atoms with E-state index in [-0.39, 0.29) is 5.56 Å². The predicted molar refractivity (Wildman–Crippen MR) is 52.0 cm³/mol. The normalized spacial score (nSPS) is 8.93. The zero-order valence-electron chi connectivity index (χ0n) is 8.31. The molecule has 1 aromatic carbocycles. The number of methoxy groups -OCH3 is 2. The van der Waals surface area contributed by atoms with E-state index in [9.17, 15) is 9.59 Å². The third kappa shape index (κ3) is 2.21. The lowest BCUT2D eigenvalue weighted by molar-refractivity contribution is 0.0997. The van der Waals surface area contributed by atoms with Crippen molar-refractivity contribution < 1.29 is 19.1 Å². The zero-order chi connectivity index (χ0) is 11.3. The number of isocyanates is 1. The predicted octanol–water partition coefficient (Wildman–Crippen LogP) is 1.18. The minimum absolute atomic E-state index is 0.117. The molecule has 0 heterocycles. The van der Waals surface area contributed by atoms with Gasteiger partial charge < -0.3 is 9.47 Å². The molecular weight excluding hydrogens is 198 g/mol. The second-order valence-electron chi connectivity index (χ2n) is 2.55. The van der Waals surface area contributed by atoms with Crippen molar-refractivity contribution in [1.29, 1.82) is 0 Å². The highest BCUT2D eigenvalue weighted by Gasteiger charge is 2.17. The molecule has 0 atom stereocenters. The van der Waals surface area contributed by atoms with Crippen molar-refractivity contribution in [3.63, 3.8) is 0 Å². The summed E-state index contributed by atoms with van der Waals surface area (Å²) in [5.41, 5.74) is 0.117. The van der Waals surface area contributed by atoms with Crippen molar-refractivity contribution in [2.24, 2.45) is 4.99 Å². The third-order valence-corrected chi connectivity index (χ3v) is 1.79. The van der Waals surface area contributed by atoms with Crippen LogP contribution < -0.4 is 9.47 Å². The van der Waals surface area contributed by atoms with Crippen LogP contribution in [0.2, 0.25) is 0 Å². The van der Waals surface area contributed by atoms with Gasteiger partial charge in [0.2, 0.25) is 6.08 Å². The molecule has 0 saturated carbocycles. The molecular formula is C10H9NO4. The van der Waals surface area contributed by atoms with Gasteiger partial charge in [0.25, 0.3) is 5.91 Å². The Hall–Kier alpha value is -2.13. The Morgan fingerprint density at radius 1 is 1.27 bits per heavy atom. The van der Waals surface area contributed by atoms with Crippen molar-refractivity contribution in [2.45, 2.75) is 0 Å². The molecule has 0 saturated heterocycles. The molecule has 0 unspecified atom stereocenters. The van der Waals surface area contributed by atoms with Crippen LogP contribution in [0.5, 0.6) is 11.5 Å². The Balaban J connectivity index is 3.33. The third-order valence-electron chi connectivity index (χ3n) is 1.79. The largest absolute Gasteiger partial charge is 0.496 e. The average Bonchev–Trinajstić information content (AvgIpc) is 2.28. The zero-order valence-corrected chi connectivity index (χ0v) is 8.31. The van der Waals surface area contributed by atoms with Crippen LogP contribution in [0.3, 0.4) is 0 Å². The van der Waals surface area contributed by atoms with Crippen LogP contribution in [0.25, 0.3) is 0 Å². The van der Waals surface area contributed by atoms with Gasteiger partial charge in [-0.25, -0.2) is 4.79 Å². The van der Waals surface area contributed by atoms with E-state index in [0.717, 1.165) is 0 Å². The number of carbonyl (C=O) groups excluding carboxylic acids is 2. The quantitative estimate of drug-likeness (QED) is 0.551. The number of nitrogens with zero attached hydrogens (tertiary/aromatic N) is 1. The Morgan fingerprint density at radius 2 is 1.80 bits per heavy atom. The Bertz CT molecular complexity index is 399. The van der Waals surface area contributed by atoms with Crippen LogP contribution in [0.4, 0.5) is 0 Å². The fourth-order valence-corrected chi connectivity index (χ4v) is 1.16. The molecule has 5 nitrogen and oxygen atoms in total. The van der Waals surface area contributed by atoms with Crippen molar-refractivity contribution in [3.8, 4) is 11.5 Å². The SMILES string of the molecule is COc1cccc(OC)c1C(=O)N=C=O. The van der Waals surface area contributed by atoms with Gasteiger partial charge in [-0.3, -0.25) is 4.79 Å². The molecule has 0 fully saturated rings. The lowest BCUT2D eigenvalue weighted by Crippen LogP contribution is -2.02. The Kier molecular flexibility index (Phi) is 3.60. The van der Waals surface area contributed by atoms with E-state index in [1.165, 1.54) is 20.3 Å². The molecule has 0 aliphatic carbocycles. The van der Waals surface area contributed by atoms with Gasteiger partial charge in [0.05, 0.1) is 14.2 Å². The van der Waals surface area contributed by atoms with Crippen LogP contribution in [0, 0.1) is 0 Å². The Morgan fingerprint density at radius 3 is 2.20 bits per heavy atom. The highest BCUT2D eigenvalue weighted by molar-refractivity contribution is 6.02. The lowest BCUT2D eigenvalue weighted by atomic mass is 10.1. The first-order chi connectivity index (χ1) is 7.24. The molecule has 15 heavy (non-hydrogen) atoms. The summed E-state index contributed by atoms with van der Waals surface area (Å²) in [4.78, 5) is 24.4. The summed E-state index contributed by atoms with van der Waals surface area (Å²) in [5, 5.41) is 0. The summed E-state index contributed by atoms with van der Waals surface area (Å²) in [7, 11) is 2.83. The fourth-order valence-electron chi connectivity index (χ4n) is 1.16. The van der Waals surface area contributed by atoms with Gasteiger partial charge in [0, 0.05) is 0 Å². The molecule has 1 aromatic rings. The van der Waals surface area contributed by atoms with Crippen LogP contribution >= 0.6 is 0 Å². The van der Waals surface area contributed by atoms with E-state index < -0.39 is 5.91 Å². The van der Waals surface area contributed by atoms with Crippen LogP contribution in [-0.2, 0) is 4.79 Å². The number of carbonyl (C=O) groups is 1. The molecule has 0 aromatic heterocycles. The first-order valence-corrected chi connectivity index (χ1v) is 4.07. The van der Waals surface area contributed by atoms with Gasteiger partial charge in [-0.05, 0) is 12.1 Å². The number of ether oxygens (including phenoxy) is 2. The molecule has 1 rings (SSSR count). The Labute approximate surface area is 86.3 Å². The van der Waals surface area contributed by atoms with Gasteiger partial charge in [-0.15, -0.1) is 4.99 Å². The molecule has 0 spiro atoms. The van der Waals surface area contributed by atoms with E-state index >= 15 is 0 Å². The highest BCUT2D eigenvalue weighted by atomic mass is 16.5. The van der Waals surface area contributed by atoms with E-state index in [1.54, 1.807) is 18.2 Å². The number of hydrogen-bond donors (Lipinski definition) is 0. The van der Waals surface area contributed by atoms with Crippen molar-refractivity contribution in [1.82, 2.24) is 0 Å². The van der Waals surface area contributed by atoms with E-state index in [2.05, 4.69) is 4.99 Å². The van der Waals surface area contributed by atoms with Crippen LogP contribution in [0.1, 0.15) is 10.4 Å². The summed E-state index contributed by atoms with van der Waals surface area (Å²) in [6.07, 6.45) is 1.18. The molecule has 78 valence electrons. The minimum atomic E-state index is -0.737. The van der Waals surface area contributed by atoms with Crippen molar-refractivity contribution >= 4 is 12.0 Å².